The third-order valence-corrected chi connectivity index (χ3v) is 2.78. The molecule has 2 rings (SSSR count). The molecule has 3 nitrogen and oxygen atoms in total. The SMILES string of the molecule is Cc1c(N)cc2c(c1C)OC(C)CN2. The van der Waals surface area contributed by atoms with Crippen LogP contribution in [0.5, 0.6) is 5.75 Å². The van der Waals surface area contributed by atoms with Gasteiger partial charge in [-0.1, -0.05) is 0 Å². The summed E-state index contributed by atoms with van der Waals surface area (Å²) in [5, 5.41) is 3.32. The van der Waals surface area contributed by atoms with Crippen molar-refractivity contribution in [3.63, 3.8) is 0 Å². The Morgan fingerprint density at radius 1 is 1.43 bits per heavy atom. The maximum atomic E-state index is 5.88. The highest BCUT2D eigenvalue weighted by Gasteiger charge is 2.19. The molecule has 0 aliphatic carbocycles. The van der Waals surface area contributed by atoms with Gasteiger partial charge in [0.05, 0.1) is 12.2 Å². The van der Waals surface area contributed by atoms with Crippen LogP contribution in [0.15, 0.2) is 6.07 Å². The second-order valence-electron chi connectivity index (χ2n) is 3.90. The van der Waals surface area contributed by atoms with Crippen molar-refractivity contribution in [1.29, 1.82) is 0 Å². The lowest BCUT2D eigenvalue weighted by molar-refractivity contribution is 0.224. The predicted octanol–water partition coefficient (Wildman–Crippen LogP) is 2.08. The van der Waals surface area contributed by atoms with Crippen LogP contribution in [0.3, 0.4) is 0 Å². The number of rotatable bonds is 0. The van der Waals surface area contributed by atoms with Crippen LogP contribution in [0.4, 0.5) is 11.4 Å². The second-order valence-corrected chi connectivity index (χ2v) is 3.90. The van der Waals surface area contributed by atoms with Gasteiger partial charge in [-0.05, 0) is 38.0 Å². The minimum Gasteiger partial charge on any atom is -0.486 e. The summed E-state index contributed by atoms with van der Waals surface area (Å²) in [7, 11) is 0. The van der Waals surface area contributed by atoms with Gasteiger partial charge >= 0.3 is 0 Å². The largest absolute Gasteiger partial charge is 0.486 e. The molecular formula is C11H16N2O. The van der Waals surface area contributed by atoms with Crippen molar-refractivity contribution in [2.75, 3.05) is 17.6 Å². The highest BCUT2D eigenvalue weighted by molar-refractivity contribution is 5.71. The van der Waals surface area contributed by atoms with Gasteiger partial charge < -0.3 is 15.8 Å². The Morgan fingerprint density at radius 3 is 2.86 bits per heavy atom. The standard InChI is InChI=1S/C11H16N2O/c1-6-5-13-10-4-9(12)7(2)8(3)11(10)14-6/h4,6,13H,5,12H2,1-3H3. The van der Waals surface area contributed by atoms with Crippen LogP contribution in [0.25, 0.3) is 0 Å². The van der Waals surface area contributed by atoms with Gasteiger partial charge in [0.1, 0.15) is 11.9 Å². The molecule has 0 amide bonds. The van der Waals surface area contributed by atoms with Gasteiger partial charge in [-0.15, -0.1) is 0 Å². The van der Waals surface area contributed by atoms with Crippen molar-refractivity contribution in [1.82, 2.24) is 0 Å². The summed E-state index contributed by atoms with van der Waals surface area (Å²) in [6, 6.07) is 1.95. The molecule has 0 saturated heterocycles. The molecule has 14 heavy (non-hydrogen) atoms. The molecule has 1 aliphatic rings. The molecule has 1 heterocycles. The van der Waals surface area contributed by atoms with Crippen LogP contribution in [-0.4, -0.2) is 12.6 Å². The zero-order valence-corrected chi connectivity index (χ0v) is 8.85. The second kappa shape index (κ2) is 3.08. The average Bonchev–Trinajstić information content (AvgIpc) is 2.16. The molecule has 0 radical (unpaired) electrons. The lowest BCUT2D eigenvalue weighted by Crippen LogP contribution is -2.28. The van der Waals surface area contributed by atoms with Gasteiger partial charge in [0.2, 0.25) is 0 Å². The fourth-order valence-electron chi connectivity index (χ4n) is 1.70. The van der Waals surface area contributed by atoms with E-state index in [1.54, 1.807) is 0 Å². The van der Waals surface area contributed by atoms with Gasteiger partial charge in [-0.2, -0.15) is 0 Å². The van der Waals surface area contributed by atoms with E-state index in [4.69, 9.17) is 10.5 Å². The maximum Gasteiger partial charge on any atom is 0.146 e. The first-order chi connectivity index (χ1) is 6.59. The normalized spacial score (nSPS) is 19.5. The van der Waals surface area contributed by atoms with Crippen molar-refractivity contribution in [2.45, 2.75) is 26.9 Å². The van der Waals surface area contributed by atoms with Gasteiger partial charge in [-0.25, -0.2) is 0 Å². The Morgan fingerprint density at radius 2 is 2.14 bits per heavy atom. The minimum atomic E-state index is 0.226. The molecule has 0 saturated carbocycles. The van der Waals surface area contributed by atoms with Crippen molar-refractivity contribution < 1.29 is 4.74 Å². The van der Waals surface area contributed by atoms with E-state index in [2.05, 4.69) is 12.2 Å². The van der Waals surface area contributed by atoms with Crippen LogP contribution < -0.4 is 15.8 Å². The van der Waals surface area contributed by atoms with E-state index < -0.39 is 0 Å². The third kappa shape index (κ3) is 1.29. The maximum absolute atomic E-state index is 5.88. The molecule has 1 aromatic rings. The number of nitrogens with one attached hydrogen (secondary N) is 1. The van der Waals surface area contributed by atoms with E-state index in [1.807, 2.05) is 19.9 Å². The minimum absolute atomic E-state index is 0.226. The third-order valence-electron chi connectivity index (χ3n) is 2.78. The molecular weight excluding hydrogens is 176 g/mol. The fourth-order valence-corrected chi connectivity index (χ4v) is 1.70. The summed E-state index contributed by atoms with van der Waals surface area (Å²) in [6.07, 6.45) is 0.226. The van der Waals surface area contributed by atoms with Crippen LogP contribution in [0, 0.1) is 13.8 Å². The topological polar surface area (TPSA) is 47.3 Å². The summed E-state index contributed by atoms with van der Waals surface area (Å²) in [6.45, 7) is 6.97. The van der Waals surface area contributed by atoms with E-state index in [0.717, 1.165) is 34.8 Å². The van der Waals surface area contributed by atoms with E-state index in [0.29, 0.717) is 0 Å². The molecule has 0 fully saturated rings. The lowest BCUT2D eigenvalue weighted by atomic mass is 10.0. The number of fused-ring (bicyclic) bond motifs is 1. The molecule has 1 aliphatic heterocycles. The van der Waals surface area contributed by atoms with Crippen molar-refractivity contribution >= 4 is 11.4 Å². The van der Waals surface area contributed by atoms with Crippen LogP contribution in [-0.2, 0) is 0 Å². The van der Waals surface area contributed by atoms with E-state index in [9.17, 15) is 0 Å². The quantitative estimate of drug-likeness (QED) is 0.619. The Hall–Kier alpha value is -1.38. The first-order valence-corrected chi connectivity index (χ1v) is 4.90. The number of hydrogen-bond acceptors (Lipinski definition) is 3. The number of ether oxygens (including phenoxy) is 1. The molecule has 0 bridgehead atoms. The van der Waals surface area contributed by atoms with E-state index in [1.165, 1.54) is 0 Å². The Bertz CT molecular complexity index is 374. The van der Waals surface area contributed by atoms with Gasteiger partial charge in [0.25, 0.3) is 0 Å². The molecule has 1 unspecified atom stereocenters. The summed E-state index contributed by atoms with van der Waals surface area (Å²) in [5.74, 6) is 0.954. The molecule has 76 valence electrons. The predicted molar refractivity (Wildman–Crippen MR) is 58.9 cm³/mol. The number of nitrogen functional groups attached to an aromatic ring is 1. The molecule has 3 N–H and O–H groups in total. The van der Waals surface area contributed by atoms with Crippen LogP contribution >= 0.6 is 0 Å². The monoisotopic (exact) mass is 192 g/mol. The van der Waals surface area contributed by atoms with Gasteiger partial charge in [0, 0.05) is 5.69 Å². The van der Waals surface area contributed by atoms with E-state index >= 15 is 0 Å². The molecule has 1 atom stereocenters. The highest BCUT2D eigenvalue weighted by atomic mass is 16.5. The molecule has 0 spiro atoms. The first kappa shape index (κ1) is 9.19. The summed E-state index contributed by atoms with van der Waals surface area (Å²) in [5.41, 5.74) is 9.98. The number of nitrogens with two attached hydrogens (primary N) is 1. The number of hydrogen-bond donors (Lipinski definition) is 2. The molecule has 1 aromatic carbocycles. The summed E-state index contributed by atoms with van der Waals surface area (Å²) >= 11 is 0. The smallest absolute Gasteiger partial charge is 0.146 e. The van der Waals surface area contributed by atoms with Crippen LogP contribution in [0.2, 0.25) is 0 Å². The van der Waals surface area contributed by atoms with Crippen molar-refractivity contribution in [2.24, 2.45) is 0 Å². The molecule has 3 heteroatoms. The zero-order valence-electron chi connectivity index (χ0n) is 8.85. The number of anilines is 2. The van der Waals surface area contributed by atoms with Crippen LogP contribution in [0.1, 0.15) is 18.1 Å². The Balaban J connectivity index is 2.55. The average molecular weight is 192 g/mol. The Kier molecular flexibility index (Phi) is 2.02. The van der Waals surface area contributed by atoms with Gasteiger partial charge in [-0.3, -0.25) is 0 Å². The van der Waals surface area contributed by atoms with Crippen molar-refractivity contribution in [3.8, 4) is 5.75 Å². The summed E-state index contributed by atoms with van der Waals surface area (Å²) in [4.78, 5) is 0. The van der Waals surface area contributed by atoms with Crippen molar-refractivity contribution in [3.05, 3.63) is 17.2 Å². The number of benzene rings is 1. The molecule has 0 aromatic heterocycles. The summed E-state index contributed by atoms with van der Waals surface area (Å²) < 4.78 is 5.78. The Labute approximate surface area is 84.3 Å². The van der Waals surface area contributed by atoms with Gasteiger partial charge in [0.15, 0.2) is 0 Å². The lowest BCUT2D eigenvalue weighted by Gasteiger charge is -2.27. The fraction of sp³-hybridized carbons (Fsp3) is 0.455. The van der Waals surface area contributed by atoms with E-state index in [-0.39, 0.29) is 6.10 Å². The highest BCUT2D eigenvalue weighted by Crippen LogP contribution is 2.37. The zero-order chi connectivity index (χ0) is 10.3. The first-order valence-electron chi connectivity index (χ1n) is 4.90.